The molecule has 7 heteroatoms. The van der Waals surface area contributed by atoms with Gasteiger partial charge in [0.15, 0.2) is 5.82 Å². The van der Waals surface area contributed by atoms with Crippen molar-refractivity contribution in [2.24, 2.45) is 0 Å². The topological polar surface area (TPSA) is 65.7 Å². The zero-order valence-corrected chi connectivity index (χ0v) is 18.8. The van der Waals surface area contributed by atoms with Gasteiger partial charge in [-0.1, -0.05) is 42.9 Å². The molecule has 6 nitrogen and oxygen atoms in total. The normalized spacial score (nSPS) is 16.0. The van der Waals surface area contributed by atoms with Crippen LogP contribution in [0.5, 0.6) is 11.5 Å². The van der Waals surface area contributed by atoms with Gasteiger partial charge in [0.2, 0.25) is 4.96 Å². The summed E-state index contributed by atoms with van der Waals surface area (Å²) >= 11 is 1.33. The van der Waals surface area contributed by atoms with Crippen LogP contribution in [-0.2, 0) is 0 Å². The van der Waals surface area contributed by atoms with Gasteiger partial charge in [-0.2, -0.15) is 9.50 Å². The molecule has 1 unspecified atom stereocenters. The molecule has 2 aromatic carbocycles. The average molecular weight is 446 g/mol. The Bertz CT molecular complexity index is 1400. The minimum atomic E-state index is -0.171. The monoisotopic (exact) mass is 445 g/mol. The Morgan fingerprint density at radius 2 is 2.00 bits per heavy atom. The second kappa shape index (κ2) is 8.59. The fourth-order valence-corrected chi connectivity index (χ4v) is 4.47. The minimum Gasteiger partial charge on any atom is -0.494 e. The molecule has 0 aliphatic carbocycles. The van der Waals surface area contributed by atoms with Crippen LogP contribution in [0, 0.1) is 0 Å². The number of para-hydroxylation sites is 1. The standard InChI is InChI=1S/C25H23N3O3S/c1-3-4-13-30-20-11-9-17(10-12-20)23-26-25-28(27-23)24(29)22(32-25)15-19-14-18-7-5-6-8-21(18)31-16(19)2/h5-12,14-16H,3-4,13H2,1-2H3/b22-15-. The maximum Gasteiger partial charge on any atom is 0.291 e. The molecule has 32 heavy (non-hydrogen) atoms. The zero-order valence-electron chi connectivity index (χ0n) is 17.9. The summed E-state index contributed by atoms with van der Waals surface area (Å²) in [6.07, 6.45) is 5.93. The molecular formula is C25H23N3O3S. The van der Waals surface area contributed by atoms with Crippen molar-refractivity contribution in [1.82, 2.24) is 14.6 Å². The van der Waals surface area contributed by atoms with Gasteiger partial charge >= 0.3 is 0 Å². The van der Waals surface area contributed by atoms with Crippen molar-refractivity contribution in [3.8, 4) is 22.9 Å². The first-order valence-corrected chi connectivity index (χ1v) is 11.6. The second-order valence-electron chi connectivity index (χ2n) is 7.71. The predicted octanol–water partition coefficient (Wildman–Crippen LogP) is 4.36. The van der Waals surface area contributed by atoms with E-state index in [1.54, 1.807) is 0 Å². The van der Waals surface area contributed by atoms with E-state index in [0.717, 1.165) is 41.0 Å². The molecule has 1 atom stereocenters. The number of fused-ring (bicyclic) bond motifs is 2. The van der Waals surface area contributed by atoms with Crippen LogP contribution < -0.4 is 19.6 Å². The molecular weight excluding hydrogens is 422 g/mol. The quantitative estimate of drug-likeness (QED) is 0.413. The van der Waals surface area contributed by atoms with Crippen LogP contribution in [0.4, 0.5) is 0 Å². The number of thiazole rings is 1. The van der Waals surface area contributed by atoms with Gasteiger partial charge in [-0.05, 0) is 61.4 Å². The first-order chi connectivity index (χ1) is 15.6. The maximum atomic E-state index is 13.0. The molecule has 3 heterocycles. The van der Waals surface area contributed by atoms with E-state index in [0.29, 0.717) is 21.9 Å². The minimum absolute atomic E-state index is 0.139. The van der Waals surface area contributed by atoms with Crippen LogP contribution in [0.1, 0.15) is 32.3 Å². The largest absolute Gasteiger partial charge is 0.494 e. The number of benzene rings is 2. The third kappa shape index (κ3) is 3.91. The lowest BCUT2D eigenvalue weighted by atomic mass is 10.0. The summed E-state index contributed by atoms with van der Waals surface area (Å²) in [5, 5.41) is 4.45. The number of nitrogens with zero attached hydrogens (tertiary/aromatic N) is 3. The number of ether oxygens (including phenoxy) is 2. The SMILES string of the molecule is CCCCOc1ccc(-c2nc3s/c(=C\C4=Cc5ccccc5OC4C)c(=O)n3n2)cc1. The Hall–Kier alpha value is -3.45. The molecule has 0 radical (unpaired) electrons. The highest BCUT2D eigenvalue weighted by atomic mass is 32.1. The Kier molecular flexibility index (Phi) is 5.49. The van der Waals surface area contributed by atoms with Crippen LogP contribution in [0.3, 0.4) is 0 Å². The highest BCUT2D eigenvalue weighted by Crippen LogP contribution is 2.29. The summed E-state index contributed by atoms with van der Waals surface area (Å²) in [5.74, 6) is 2.21. The number of aromatic nitrogens is 3. The Labute approximate surface area is 189 Å². The van der Waals surface area contributed by atoms with Crippen LogP contribution in [0.2, 0.25) is 0 Å². The molecule has 2 aromatic heterocycles. The molecule has 4 aromatic rings. The summed E-state index contributed by atoms with van der Waals surface area (Å²) in [4.78, 5) is 18.1. The van der Waals surface area contributed by atoms with E-state index in [4.69, 9.17) is 9.47 Å². The van der Waals surface area contributed by atoms with E-state index in [2.05, 4.69) is 23.1 Å². The van der Waals surface area contributed by atoms with Crippen LogP contribution in [0.15, 0.2) is 58.9 Å². The number of hydrogen-bond acceptors (Lipinski definition) is 6. The van der Waals surface area contributed by atoms with Gasteiger partial charge in [0.25, 0.3) is 5.56 Å². The molecule has 1 aliphatic rings. The van der Waals surface area contributed by atoms with E-state index in [9.17, 15) is 4.79 Å². The fraction of sp³-hybridized carbons (Fsp3) is 0.240. The second-order valence-corrected chi connectivity index (χ2v) is 8.72. The number of unbranched alkanes of at least 4 members (excludes halogenated alkanes) is 1. The van der Waals surface area contributed by atoms with E-state index in [1.807, 2.05) is 61.5 Å². The maximum absolute atomic E-state index is 13.0. The lowest BCUT2D eigenvalue weighted by Gasteiger charge is -2.22. The third-order valence-electron chi connectivity index (χ3n) is 5.37. The van der Waals surface area contributed by atoms with Crippen molar-refractivity contribution in [2.45, 2.75) is 32.8 Å². The highest BCUT2D eigenvalue weighted by Gasteiger charge is 2.18. The molecule has 0 saturated carbocycles. The first kappa shape index (κ1) is 20.5. The van der Waals surface area contributed by atoms with Crippen molar-refractivity contribution in [1.29, 1.82) is 0 Å². The molecule has 5 rings (SSSR count). The van der Waals surface area contributed by atoms with Gasteiger partial charge in [-0.3, -0.25) is 4.79 Å². The summed E-state index contributed by atoms with van der Waals surface area (Å²) in [6, 6.07) is 15.5. The Morgan fingerprint density at radius 1 is 1.19 bits per heavy atom. The highest BCUT2D eigenvalue weighted by molar-refractivity contribution is 7.15. The summed E-state index contributed by atoms with van der Waals surface area (Å²) < 4.78 is 13.7. The lowest BCUT2D eigenvalue weighted by Crippen LogP contribution is -2.26. The first-order valence-electron chi connectivity index (χ1n) is 10.7. The van der Waals surface area contributed by atoms with Gasteiger partial charge in [0, 0.05) is 11.1 Å². The van der Waals surface area contributed by atoms with Crippen molar-refractivity contribution < 1.29 is 9.47 Å². The Balaban J connectivity index is 1.44. The summed E-state index contributed by atoms with van der Waals surface area (Å²) in [6.45, 7) is 4.82. The van der Waals surface area contributed by atoms with Crippen LogP contribution in [-0.4, -0.2) is 27.3 Å². The van der Waals surface area contributed by atoms with Gasteiger partial charge in [-0.25, -0.2) is 0 Å². The average Bonchev–Trinajstić information content (AvgIpc) is 3.34. The van der Waals surface area contributed by atoms with Crippen molar-refractivity contribution in [2.75, 3.05) is 6.61 Å². The molecule has 0 bridgehead atoms. The van der Waals surface area contributed by atoms with E-state index >= 15 is 0 Å². The molecule has 0 fully saturated rings. The fourth-order valence-electron chi connectivity index (χ4n) is 3.56. The molecule has 0 spiro atoms. The predicted molar refractivity (Wildman–Crippen MR) is 127 cm³/mol. The van der Waals surface area contributed by atoms with Crippen molar-refractivity contribution >= 4 is 28.4 Å². The van der Waals surface area contributed by atoms with Crippen LogP contribution >= 0.6 is 11.3 Å². The molecule has 0 N–H and O–H groups in total. The molecule has 1 aliphatic heterocycles. The molecule has 162 valence electrons. The Morgan fingerprint density at radius 3 is 2.78 bits per heavy atom. The van der Waals surface area contributed by atoms with E-state index in [1.165, 1.54) is 15.9 Å². The van der Waals surface area contributed by atoms with Crippen molar-refractivity contribution in [3.05, 3.63) is 74.6 Å². The van der Waals surface area contributed by atoms with Gasteiger partial charge in [0.1, 0.15) is 17.6 Å². The van der Waals surface area contributed by atoms with Gasteiger partial charge in [0.05, 0.1) is 11.1 Å². The molecule has 0 saturated heterocycles. The smallest absolute Gasteiger partial charge is 0.291 e. The number of rotatable bonds is 6. The van der Waals surface area contributed by atoms with Gasteiger partial charge < -0.3 is 9.47 Å². The van der Waals surface area contributed by atoms with Crippen molar-refractivity contribution in [3.63, 3.8) is 0 Å². The van der Waals surface area contributed by atoms with Gasteiger partial charge in [-0.15, -0.1) is 5.10 Å². The zero-order chi connectivity index (χ0) is 22.1. The summed E-state index contributed by atoms with van der Waals surface area (Å²) in [5.41, 5.74) is 2.63. The summed E-state index contributed by atoms with van der Waals surface area (Å²) in [7, 11) is 0. The van der Waals surface area contributed by atoms with E-state index < -0.39 is 0 Å². The molecule has 0 amide bonds. The lowest BCUT2D eigenvalue weighted by molar-refractivity contribution is 0.259. The number of hydrogen-bond donors (Lipinski definition) is 0. The van der Waals surface area contributed by atoms with Crippen LogP contribution in [0.25, 0.3) is 28.5 Å². The van der Waals surface area contributed by atoms with E-state index in [-0.39, 0.29) is 11.7 Å². The third-order valence-corrected chi connectivity index (χ3v) is 6.33.